The number of aromatic nitrogens is 3. The number of rotatable bonds is 3. The lowest BCUT2D eigenvalue weighted by molar-refractivity contribution is 0.414. The molecule has 6 heteroatoms. The van der Waals surface area contributed by atoms with E-state index in [2.05, 4.69) is 15.1 Å². The van der Waals surface area contributed by atoms with Crippen LogP contribution < -0.4 is 4.74 Å². The lowest BCUT2D eigenvalue weighted by Gasteiger charge is -1.99. The summed E-state index contributed by atoms with van der Waals surface area (Å²) in [5.41, 5.74) is 0.954. The van der Waals surface area contributed by atoms with Crippen LogP contribution in [0.2, 0.25) is 0 Å². The number of nitrogens with zero attached hydrogens (tertiary/aromatic N) is 3. The van der Waals surface area contributed by atoms with Crippen molar-refractivity contribution >= 4 is 0 Å². The zero-order valence-electron chi connectivity index (χ0n) is 10.6. The second-order valence-electron chi connectivity index (χ2n) is 4.01. The van der Waals surface area contributed by atoms with E-state index in [9.17, 15) is 4.39 Å². The molecular formula is C14H10FN3O2. The summed E-state index contributed by atoms with van der Waals surface area (Å²) < 4.78 is 23.8. The van der Waals surface area contributed by atoms with Gasteiger partial charge in [0.1, 0.15) is 5.75 Å². The second kappa shape index (κ2) is 5.08. The van der Waals surface area contributed by atoms with Crippen LogP contribution in [-0.2, 0) is 0 Å². The number of halogens is 1. The standard InChI is InChI=1S/C14H10FN3O2/c1-19-10-4-2-3-9(7-10)13-17-14(20-18-13)11-5-6-16-8-12(11)15/h2-8H,1H3. The lowest BCUT2D eigenvalue weighted by atomic mass is 10.2. The Balaban J connectivity index is 2.00. The van der Waals surface area contributed by atoms with Crippen molar-refractivity contribution in [3.8, 4) is 28.6 Å². The largest absolute Gasteiger partial charge is 0.497 e. The van der Waals surface area contributed by atoms with Crippen LogP contribution in [0.3, 0.4) is 0 Å². The van der Waals surface area contributed by atoms with Gasteiger partial charge in [0.15, 0.2) is 5.82 Å². The van der Waals surface area contributed by atoms with E-state index in [-0.39, 0.29) is 11.5 Å². The summed E-state index contributed by atoms with van der Waals surface area (Å²) >= 11 is 0. The summed E-state index contributed by atoms with van der Waals surface area (Å²) in [7, 11) is 1.58. The van der Waals surface area contributed by atoms with Crippen molar-refractivity contribution in [1.82, 2.24) is 15.1 Å². The highest BCUT2D eigenvalue weighted by molar-refractivity contribution is 5.61. The summed E-state index contributed by atoms with van der Waals surface area (Å²) in [5, 5.41) is 3.85. The molecule has 0 aliphatic rings. The number of benzene rings is 1. The van der Waals surface area contributed by atoms with E-state index in [4.69, 9.17) is 9.26 Å². The first kappa shape index (κ1) is 12.3. The van der Waals surface area contributed by atoms with Crippen molar-refractivity contribution in [2.45, 2.75) is 0 Å². The molecule has 0 unspecified atom stereocenters. The fraction of sp³-hybridized carbons (Fsp3) is 0.0714. The van der Waals surface area contributed by atoms with Crippen molar-refractivity contribution in [1.29, 1.82) is 0 Å². The van der Waals surface area contributed by atoms with E-state index < -0.39 is 5.82 Å². The van der Waals surface area contributed by atoms with Gasteiger partial charge in [-0.2, -0.15) is 4.98 Å². The van der Waals surface area contributed by atoms with Crippen molar-refractivity contribution in [3.63, 3.8) is 0 Å². The number of hydrogen-bond acceptors (Lipinski definition) is 5. The monoisotopic (exact) mass is 271 g/mol. The fourth-order valence-electron chi connectivity index (χ4n) is 1.76. The highest BCUT2D eigenvalue weighted by Crippen LogP contribution is 2.25. The topological polar surface area (TPSA) is 61.0 Å². The predicted molar refractivity (Wildman–Crippen MR) is 69.5 cm³/mol. The van der Waals surface area contributed by atoms with Crippen LogP contribution in [0.15, 0.2) is 47.2 Å². The molecule has 20 heavy (non-hydrogen) atoms. The van der Waals surface area contributed by atoms with Gasteiger partial charge >= 0.3 is 0 Å². The van der Waals surface area contributed by atoms with E-state index in [1.54, 1.807) is 13.2 Å². The minimum absolute atomic E-state index is 0.114. The van der Waals surface area contributed by atoms with E-state index >= 15 is 0 Å². The van der Waals surface area contributed by atoms with Gasteiger partial charge in [0.25, 0.3) is 5.89 Å². The third kappa shape index (κ3) is 2.23. The fourth-order valence-corrected chi connectivity index (χ4v) is 1.76. The van der Waals surface area contributed by atoms with Crippen LogP contribution in [0.5, 0.6) is 5.75 Å². The van der Waals surface area contributed by atoms with Gasteiger partial charge in [0, 0.05) is 11.8 Å². The molecule has 2 heterocycles. The summed E-state index contributed by atoms with van der Waals surface area (Å²) in [4.78, 5) is 7.86. The Morgan fingerprint density at radius 2 is 2.15 bits per heavy atom. The zero-order chi connectivity index (χ0) is 13.9. The normalized spacial score (nSPS) is 10.5. The molecule has 0 radical (unpaired) electrons. The Bertz CT molecular complexity index is 743. The molecule has 3 rings (SSSR count). The molecule has 100 valence electrons. The van der Waals surface area contributed by atoms with E-state index in [0.29, 0.717) is 11.6 Å². The predicted octanol–water partition coefficient (Wildman–Crippen LogP) is 2.95. The molecule has 0 spiro atoms. The Morgan fingerprint density at radius 3 is 2.95 bits per heavy atom. The van der Waals surface area contributed by atoms with Crippen molar-refractivity contribution < 1.29 is 13.7 Å². The van der Waals surface area contributed by atoms with Gasteiger partial charge in [-0.1, -0.05) is 17.3 Å². The third-order valence-corrected chi connectivity index (χ3v) is 2.76. The van der Waals surface area contributed by atoms with E-state index in [1.807, 2.05) is 18.2 Å². The summed E-state index contributed by atoms with van der Waals surface area (Å²) in [5.74, 6) is 0.662. The van der Waals surface area contributed by atoms with Crippen molar-refractivity contribution in [2.24, 2.45) is 0 Å². The lowest BCUT2D eigenvalue weighted by Crippen LogP contribution is -1.87. The van der Waals surface area contributed by atoms with Crippen LogP contribution in [0.25, 0.3) is 22.8 Å². The number of hydrogen-bond donors (Lipinski definition) is 0. The van der Waals surface area contributed by atoms with Crippen molar-refractivity contribution in [2.75, 3.05) is 7.11 Å². The Labute approximate surface area is 114 Å². The average Bonchev–Trinajstić information content (AvgIpc) is 2.97. The molecule has 0 N–H and O–H groups in total. The first-order valence-corrected chi connectivity index (χ1v) is 5.86. The van der Waals surface area contributed by atoms with Crippen LogP contribution in [0, 0.1) is 5.82 Å². The van der Waals surface area contributed by atoms with E-state index in [0.717, 1.165) is 11.8 Å². The molecule has 0 aliphatic heterocycles. The summed E-state index contributed by atoms with van der Waals surface area (Å²) in [6.45, 7) is 0. The van der Waals surface area contributed by atoms with Gasteiger partial charge in [-0.3, -0.25) is 4.98 Å². The summed E-state index contributed by atoms with van der Waals surface area (Å²) in [6, 6.07) is 8.71. The van der Waals surface area contributed by atoms with Crippen LogP contribution >= 0.6 is 0 Å². The molecule has 0 amide bonds. The van der Waals surface area contributed by atoms with Gasteiger partial charge in [0.05, 0.1) is 18.9 Å². The maximum atomic E-state index is 13.6. The van der Waals surface area contributed by atoms with Crippen molar-refractivity contribution in [3.05, 3.63) is 48.5 Å². The molecule has 0 fully saturated rings. The first-order valence-electron chi connectivity index (χ1n) is 5.86. The average molecular weight is 271 g/mol. The SMILES string of the molecule is COc1cccc(-c2noc(-c3ccncc3F)n2)c1. The van der Waals surface area contributed by atoms with Gasteiger partial charge in [-0.05, 0) is 18.2 Å². The highest BCUT2D eigenvalue weighted by Gasteiger charge is 2.14. The second-order valence-corrected chi connectivity index (χ2v) is 4.01. The number of ether oxygens (including phenoxy) is 1. The van der Waals surface area contributed by atoms with Gasteiger partial charge < -0.3 is 9.26 Å². The van der Waals surface area contributed by atoms with Gasteiger partial charge in [-0.25, -0.2) is 4.39 Å². The van der Waals surface area contributed by atoms with Gasteiger partial charge in [0.2, 0.25) is 5.82 Å². The minimum atomic E-state index is -0.506. The minimum Gasteiger partial charge on any atom is -0.497 e. The maximum Gasteiger partial charge on any atom is 0.261 e. The van der Waals surface area contributed by atoms with Crippen LogP contribution in [0.4, 0.5) is 4.39 Å². The molecule has 5 nitrogen and oxygen atoms in total. The Morgan fingerprint density at radius 1 is 1.25 bits per heavy atom. The van der Waals surface area contributed by atoms with Gasteiger partial charge in [-0.15, -0.1) is 0 Å². The molecule has 0 aliphatic carbocycles. The quantitative estimate of drug-likeness (QED) is 0.733. The van der Waals surface area contributed by atoms with Crippen LogP contribution in [0.1, 0.15) is 0 Å². The zero-order valence-corrected chi connectivity index (χ0v) is 10.6. The highest BCUT2D eigenvalue weighted by atomic mass is 19.1. The number of methoxy groups -OCH3 is 1. The molecule has 1 aromatic carbocycles. The molecule has 0 bridgehead atoms. The molecule has 3 aromatic rings. The molecule has 0 atom stereocenters. The third-order valence-electron chi connectivity index (χ3n) is 2.76. The first-order chi connectivity index (χ1) is 9.78. The van der Waals surface area contributed by atoms with Crippen LogP contribution in [-0.4, -0.2) is 22.2 Å². The molecular weight excluding hydrogens is 261 g/mol. The number of pyridine rings is 1. The molecule has 0 saturated carbocycles. The Kier molecular flexibility index (Phi) is 3.12. The molecule has 0 saturated heterocycles. The smallest absolute Gasteiger partial charge is 0.261 e. The summed E-state index contributed by atoms with van der Waals surface area (Å²) in [6.07, 6.45) is 2.57. The maximum absolute atomic E-state index is 13.6. The molecule has 2 aromatic heterocycles. The Hall–Kier alpha value is -2.76. The van der Waals surface area contributed by atoms with E-state index in [1.165, 1.54) is 12.3 Å².